The second kappa shape index (κ2) is 7.98. The summed E-state index contributed by atoms with van der Waals surface area (Å²) in [5.74, 6) is 0.903. The Bertz CT molecular complexity index is 906. The zero-order valence-electron chi connectivity index (χ0n) is 12.3. The van der Waals surface area contributed by atoms with Crippen LogP contribution < -0.4 is 9.47 Å². The number of nitrogens with zero attached hydrogens (tertiary/aromatic N) is 3. The summed E-state index contributed by atoms with van der Waals surface area (Å²) in [5.41, 5.74) is 0.609. The molecule has 0 aliphatic carbocycles. The van der Waals surface area contributed by atoms with Gasteiger partial charge in [0.15, 0.2) is 5.75 Å². The molecule has 2 rings (SSSR count). The van der Waals surface area contributed by atoms with Crippen LogP contribution in [0.4, 0.5) is 17.1 Å². The van der Waals surface area contributed by atoms with Gasteiger partial charge in [0.25, 0.3) is 0 Å². The Morgan fingerprint density at radius 1 is 0.792 bits per heavy atom. The largest absolute Gasteiger partial charge is 0.494 e. The molecule has 0 saturated heterocycles. The summed E-state index contributed by atoms with van der Waals surface area (Å²) in [6, 6.07) is 8.90. The Morgan fingerprint density at radius 2 is 1.42 bits per heavy atom. The number of aliphatic imine (C=N–C) groups is 3. The molecule has 8 nitrogen and oxygen atoms in total. The summed E-state index contributed by atoms with van der Waals surface area (Å²) in [4.78, 5) is 41.8. The average molecular weight is 323 g/mol. The lowest BCUT2D eigenvalue weighted by molar-refractivity contribution is 0.414. The van der Waals surface area contributed by atoms with Gasteiger partial charge in [0.2, 0.25) is 18.2 Å². The molecule has 0 aromatic heterocycles. The predicted molar refractivity (Wildman–Crippen MR) is 82.9 cm³/mol. The third kappa shape index (κ3) is 3.88. The zero-order valence-corrected chi connectivity index (χ0v) is 12.3. The number of benzene rings is 2. The van der Waals surface area contributed by atoms with E-state index in [-0.39, 0.29) is 22.8 Å². The Balaban J connectivity index is 2.43. The van der Waals surface area contributed by atoms with E-state index in [1.807, 2.05) is 0 Å². The van der Waals surface area contributed by atoms with Crippen molar-refractivity contribution in [3.63, 3.8) is 0 Å². The smallest absolute Gasteiger partial charge is 0.240 e. The number of isocyanates is 3. The Kier molecular flexibility index (Phi) is 5.50. The minimum Gasteiger partial charge on any atom is -0.494 e. The molecular formula is C16H9N3O5. The molecule has 0 bridgehead atoms. The fraction of sp³-hybridized carbons (Fsp3) is 0.0625. The summed E-state index contributed by atoms with van der Waals surface area (Å²) >= 11 is 0. The van der Waals surface area contributed by atoms with E-state index in [2.05, 4.69) is 15.0 Å². The first-order chi connectivity index (χ1) is 11.7. The van der Waals surface area contributed by atoms with Crippen LogP contribution >= 0.6 is 0 Å². The highest BCUT2D eigenvalue weighted by Crippen LogP contribution is 2.37. The maximum atomic E-state index is 10.5. The molecule has 118 valence electrons. The van der Waals surface area contributed by atoms with Crippen LogP contribution in [0.2, 0.25) is 0 Å². The van der Waals surface area contributed by atoms with Crippen molar-refractivity contribution in [1.82, 2.24) is 0 Å². The first-order valence-electron chi connectivity index (χ1n) is 6.45. The normalized spacial score (nSPS) is 9.04. The van der Waals surface area contributed by atoms with Crippen molar-refractivity contribution in [2.24, 2.45) is 15.0 Å². The Morgan fingerprint density at radius 3 is 2.04 bits per heavy atom. The molecule has 0 spiro atoms. The Labute approximate surface area is 135 Å². The van der Waals surface area contributed by atoms with E-state index in [0.29, 0.717) is 11.5 Å². The van der Waals surface area contributed by atoms with Gasteiger partial charge in [0.05, 0.1) is 12.8 Å². The molecule has 24 heavy (non-hydrogen) atoms. The molecule has 0 fully saturated rings. The van der Waals surface area contributed by atoms with Crippen LogP contribution in [0, 0.1) is 0 Å². The van der Waals surface area contributed by atoms with E-state index < -0.39 is 0 Å². The fourth-order valence-corrected chi connectivity index (χ4v) is 1.85. The molecule has 0 unspecified atom stereocenters. The van der Waals surface area contributed by atoms with Crippen molar-refractivity contribution in [2.45, 2.75) is 0 Å². The van der Waals surface area contributed by atoms with Crippen LogP contribution in [0.15, 0.2) is 51.4 Å². The molecule has 0 atom stereocenters. The van der Waals surface area contributed by atoms with E-state index in [1.54, 1.807) is 12.1 Å². The summed E-state index contributed by atoms with van der Waals surface area (Å²) in [6.45, 7) is 0. The summed E-state index contributed by atoms with van der Waals surface area (Å²) in [7, 11) is 1.43. The molecule has 0 amide bonds. The maximum Gasteiger partial charge on any atom is 0.240 e. The highest BCUT2D eigenvalue weighted by molar-refractivity contribution is 5.66. The molecule has 0 saturated carbocycles. The van der Waals surface area contributed by atoms with Gasteiger partial charge in [-0.3, -0.25) is 0 Å². The zero-order chi connectivity index (χ0) is 17.4. The second-order valence-corrected chi connectivity index (χ2v) is 4.20. The van der Waals surface area contributed by atoms with Crippen LogP contribution in [-0.2, 0) is 14.4 Å². The van der Waals surface area contributed by atoms with E-state index in [9.17, 15) is 14.4 Å². The van der Waals surface area contributed by atoms with Gasteiger partial charge in [0, 0.05) is 6.07 Å². The molecule has 0 aliphatic rings. The van der Waals surface area contributed by atoms with Crippen LogP contribution in [0.1, 0.15) is 0 Å². The number of rotatable bonds is 6. The monoisotopic (exact) mass is 323 g/mol. The van der Waals surface area contributed by atoms with Crippen LogP contribution in [0.25, 0.3) is 0 Å². The fourth-order valence-electron chi connectivity index (χ4n) is 1.85. The van der Waals surface area contributed by atoms with Crippen LogP contribution in [0.3, 0.4) is 0 Å². The lowest BCUT2D eigenvalue weighted by atomic mass is 10.2. The molecule has 0 aliphatic heterocycles. The molecule has 0 heterocycles. The van der Waals surface area contributed by atoms with Crippen molar-refractivity contribution in [3.8, 4) is 17.2 Å². The second-order valence-electron chi connectivity index (χ2n) is 4.20. The van der Waals surface area contributed by atoms with Gasteiger partial charge >= 0.3 is 0 Å². The average Bonchev–Trinajstić information content (AvgIpc) is 2.58. The van der Waals surface area contributed by atoms with Crippen molar-refractivity contribution in [2.75, 3.05) is 7.11 Å². The van der Waals surface area contributed by atoms with E-state index >= 15 is 0 Å². The van der Waals surface area contributed by atoms with Crippen molar-refractivity contribution >= 4 is 35.3 Å². The van der Waals surface area contributed by atoms with E-state index in [0.717, 1.165) is 0 Å². The van der Waals surface area contributed by atoms with Gasteiger partial charge in [-0.1, -0.05) is 0 Å². The summed E-state index contributed by atoms with van der Waals surface area (Å²) in [6.07, 6.45) is 4.21. The van der Waals surface area contributed by atoms with E-state index in [4.69, 9.17) is 9.47 Å². The maximum absolute atomic E-state index is 10.5. The molecule has 2 aromatic rings. The number of hydrogen-bond acceptors (Lipinski definition) is 8. The minimum atomic E-state index is 0.123. The molecule has 0 N–H and O–H groups in total. The lowest BCUT2D eigenvalue weighted by Gasteiger charge is -2.10. The predicted octanol–water partition coefficient (Wildman–Crippen LogP) is 3.39. The van der Waals surface area contributed by atoms with Crippen molar-refractivity contribution < 1.29 is 23.9 Å². The lowest BCUT2D eigenvalue weighted by Crippen LogP contribution is -1.87. The third-order valence-electron chi connectivity index (χ3n) is 2.83. The van der Waals surface area contributed by atoms with Gasteiger partial charge in [-0.2, -0.15) is 15.0 Å². The SMILES string of the molecule is COc1ccc(Oc2ccc(N=C=O)cc2N=C=O)cc1N=C=O. The van der Waals surface area contributed by atoms with Gasteiger partial charge in [-0.15, -0.1) is 0 Å². The Hall–Kier alpha value is -3.82. The molecule has 8 heteroatoms. The van der Waals surface area contributed by atoms with Crippen LogP contribution in [0.5, 0.6) is 17.2 Å². The first kappa shape index (κ1) is 16.5. The summed E-state index contributed by atoms with van der Waals surface area (Å²) < 4.78 is 10.7. The molecular weight excluding hydrogens is 314 g/mol. The van der Waals surface area contributed by atoms with E-state index in [1.165, 1.54) is 49.6 Å². The first-order valence-corrected chi connectivity index (χ1v) is 6.45. The molecule has 0 radical (unpaired) electrons. The van der Waals surface area contributed by atoms with Crippen molar-refractivity contribution in [1.29, 1.82) is 0 Å². The van der Waals surface area contributed by atoms with Gasteiger partial charge in [-0.25, -0.2) is 14.4 Å². The van der Waals surface area contributed by atoms with Crippen LogP contribution in [-0.4, -0.2) is 25.3 Å². The standard InChI is InChI=1S/C16H9N3O5/c1-23-15-5-3-12(7-14(15)19-10-22)24-16-4-2-11(17-8-20)6-13(16)18-9-21/h2-7H,1H3. The number of hydrogen-bond donors (Lipinski definition) is 0. The van der Waals surface area contributed by atoms with Gasteiger partial charge < -0.3 is 9.47 Å². The minimum absolute atomic E-state index is 0.123. The number of methoxy groups -OCH3 is 1. The van der Waals surface area contributed by atoms with Gasteiger partial charge in [0.1, 0.15) is 22.9 Å². The summed E-state index contributed by atoms with van der Waals surface area (Å²) in [5, 5.41) is 0. The number of ether oxygens (including phenoxy) is 2. The molecule has 2 aromatic carbocycles. The third-order valence-corrected chi connectivity index (χ3v) is 2.83. The number of carbonyl (C=O) groups excluding carboxylic acids is 3. The quantitative estimate of drug-likeness (QED) is 0.598. The van der Waals surface area contributed by atoms with Gasteiger partial charge in [-0.05, 0) is 30.3 Å². The highest BCUT2D eigenvalue weighted by Gasteiger charge is 2.09. The topological polar surface area (TPSA) is 107 Å². The highest BCUT2D eigenvalue weighted by atomic mass is 16.5. The van der Waals surface area contributed by atoms with Crippen molar-refractivity contribution in [3.05, 3.63) is 36.4 Å².